The van der Waals surface area contributed by atoms with Crippen LogP contribution in [0.2, 0.25) is 0 Å². The van der Waals surface area contributed by atoms with Crippen molar-refractivity contribution < 1.29 is 0 Å². The molecule has 1 heterocycles. The first-order chi connectivity index (χ1) is 8.59. The molecule has 0 atom stereocenters. The number of hydrogen-bond donors (Lipinski definition) is 2. The molecule has 1 aliphatic rings. The van der Waals surface area contributed by atoms with Gasteiger partial charge < -0.3 is 10.6 Å². The summed E-state index contributed by atoms with van der Waals surface area (Å²) in [5, 5.41) is 15.7. The van der Waals surface area contributed by atoms with Crippen LogP contribution < -0.4 is 10.6 Å². The van der Waals surface area contributed by atoms with Crippen molar-refractivity contribution in [3.8, 4) is 0 Å². The third kappa shape index (κ3) is 2.60. The molecule has 3 N–H and O–H groups in total. The monoisotopic (exact) mass is 247 g/mol. The highest BCUT2D eigenvalue weighted by atomic mass is 15.3. The Morgan fingerprint density at radius 1 is 1.39 bits per heavy atom. The first kappa shape index (κ1) is 12.8. The molecule has 1 saturated carbocycles. The van der Waals surface area contributed by atoms with E-state index in [9.17, 15) is 0 Å². The second-order valence-corrected chi connectivity index (χ2v) is 5.21. The van der Waals surface area contributed by atoms with Gasteiger partial charge >= 0.3 is 0 Å². The Morgan fingerprint density at radius 2 is 2.06 bits per heavy atom. The summed E-state index contributed by atoms with van der Waals surface area (Å²) in [5.74, 6) is 1.60. The molecule has 1 aromatic rings. The van der Waals surface area contributed by atoms with E-state index in [1.165, 1.54) is 25.7 Å². The highest BCUT2D eigenvalue weighted by molar-refractivity contribution is 5.99. The van der Waals surface area contributed by atoms with Gasteiger partial charge in [0.2, 0.25) is 0 Å². The minimum atomic E-state index is 0.0518. The van der Waals surface area contributed by atoms with Crippen LogP contribution in [0.15, 0.2) is 12.3 Å². The fourth-order valence-electron chi connectivity index (χ4n) is 2.60. The van der Waals surface area contributed by atoms with Crippen LogP contribution in [0.3, 0.4) is 0 Å². The third-order valence-electron chi connectivity index (χ3n) is 3.86. The third-order valence-corrected chi connectivity index (χ3v) is 3.86. The first-order valence-electron chi connectivity index (χ1n) is 6.48. The zero-order valence-electron chi connectivity index (χ0n) is 11.1. The molecule has 18 heavy (non-hydrogen) atoms. The van der Waals surface area contributed by atoms with Crippen LogP contribution in [0.5, 0.6) is 0 Å². The molecular formula is C13H21N5. The number of nitrogens with two attached hydrogens (primary N) is 1. The van der Waals surface area contributed by atoms with Gasteiger partial charge in [-0.2, -0.15) is 5.10 Å². The van der Waals surface area contributed by atoms with E-state index in [0.29, 0.717) is 11.6 Å². The summed E-state index contributed by atoms with van der Waals surface area (Å²) >= 11 is 0. The maximum absolute atomic E-state index is 7.60. The van der Waals surface area contributed by atoms with Gasteiger partial charge in [0.15, 0.2) is 5.82 Å². The van der Waals surface area contributed by atoms with Gasteiger partial charge in [0.1, 0.15) is 5.84 Å². The lowest BCUT2D eigenvalue weighted by Gasteiger charge is -2.34. The fourth-order valence-corrected chi connectivity index (χ4v) is 2.60. The molecule has 2 rings (SSSR count). The molecular weight excluding hydrogens is 226 g/mol. The standard InChI is InChI=1S/C13H21N5/c1-9-3-5-10(6-4-9)18(2)13-11(12(14)15)7-8-16-17-13/h7-10H,3-6H2,1-2H3,(H3,14,15). The van der Waals surface area contributed by atoms with Gasteiger partial charge in [-0.25, -0.2) is 0 Å². The van der Waals surface area contributed by atoms with Crippen molar-refractivity contribution in [1.29, 1.82) is 5.41 Å². The summed E-state index contributed by atoms with van der Waals surface area (Å²) in [6.07, 6.45) is 6.43. The number of aromatic nitrogens is 2. The summed E-state index contributed by atoms with van der Waals surface area (Å²) in [5.41, 5.74) is 6.27. The molecule has 0 saturated heterocycles. The van der Waals surface area contributed by atoms with Crippen LogP contribution in [0.4, 0.5) is 5.82 Å². The van der Waals surface area contributed by atoms with Crippen LogP contribution in [0.1, 0.15) is 38.2 Å². The van der Waals surface area contributed by atoms with E-state index in [1.54, 1.807) is 12.3 Å². The molecule has 5 heteroatoms. The number of amidine groups is 1. The maximum Gasteiger partial charge on any atom is 0.162 e. The summed E-state index contributed by atoms with van der Waals surface area (Å²) in [6, 6.07) is 2.24. The summed E-state index contributed by atoms with van der Waals surface area (Å²) in [6.45, 7) is 2.31. The van der Waals surface area contributed by atoms with Gasteiger partial charge in [-0.1, -0.05) is 6.92 Å². The molecule has 0 amide bonds. The lowest BCUT2D eigenvalue weighted by Crippen LogP contribution is -2.36. The number of anilines is 1. The Kier molecular flexibility index (Phi) is 3.79. The minimum Gasteiger partial charge on any atom is -0.384 e. The number of nitrogens with zero attached hydrogens (tertiary/aromatic N) is 3. The average molecular weight is 247 g/mol. The second kappa shape index (κ2) is 5.33. The topological polar surface area (TPSA) is 78.9 Å². The van der Waals surface area contributed by atoms with E-state index >= 15 is 0 Å². The van der Waals surface area contributed by atoms with Crippen molar-refractivity contribution in [1.82, 2.24) is 10.2 Å². The van der Waals surface area contributed by atoms with Gasteiger partial charge in [-0.15, -0.1) is 5.10 Å². The van der Waals surface area contributed by atoms with Crippen LogP contribution in [-0.2, 0) is 0 Å². The number of nitrogens with one attached hydrogen (secondary N) is 1. The van der Waals surface area contributed by atoms with Gasteiger partial charge in [0.05, 0.1) is 11.8 Å². The van der Waals surface area contributed by atoms with E-state index in [1.807, 2.05) is 7.05 Å². The molecule has 0 spiro atoms. The van der Waals surface area contributed by atoms with Crippen molar-refractivity contribution in [3.63, 3.8) is 0 Å². The Bertz CT molecular complexity index is 423. The lowest BCUT2D eigenvalue weighted by atomic mass is 9.86. The van der Waals surface area contributed by atoms with E-state index in [0.717, 1.165) is 11.7 Å². The van der Waals surface area contributed by atoms with Gasteiger partial charge in [-0.3, -0.25) is 5.41 Å². The normalized spacial score (nSPS) is 23.7. The van der Waals surface area contributed by atoms with Crippen molar-refractivity contribution >= 4 is 11.7 Å². The highest BCUT2D eigenvalue weighted by Crippen LogP contribution is 2.29. The Hall–Kier alpha value is -1.65. The number of hydrogen-bond acceptors (Lipinski definition) is 4. The van der Waals surface area contributed by atoms with Crippen LogP contribution in [-0.4, -0.2) is 29.1 Å². The van der Waals surface area contributed by atoms with Gasteiger partial charge in [0.25, 0.3) is 0 Å². The lowest BCUT2D eigenvalue weighted by molar-refractivity contribution is 0.339. The molecule has 0 aromatic carbocycles. The summed E-state index contributed by atoms with van der Waals surface area (Å²) in [4.78, 5) is 2.13. The largest absolute Gasteiger partial charge is 0.384 e. The highest BCUT2D eigenvalue weighted by Gasteiger charge is 2.24. The quantitative estimate of drug-likeness (QED) is 0.630. The van der Waals surface area contributed by atoms with Crippen LogP contribution in [0, 0.1) is 11.3 Å². The minimum absolute atomic E-state index is 0.0518. The molecule has 5 nitrogen and oxygen atoms in total. The summed E-state index contributed by atoms with van der Waals surface area (Å²) in [7, 11) is 2.02. The van der Waals surface area contributed by atoms with E-state index in [2.05, 4.69) is 22.0 Å². The van der Waals surface area contributed by atoms with Gasteiger partial charge in [-0.05, 0) is 37.7 Å². The molecule has 0 aliphatic heterocycles. The van der Waals surface area contributed by atoms with E-state index in [4.69, 9.17) is 11.1 Å². The van der Waals surface area contributed by atoms with Crippen molar-refractivity contribution in [2.75, 3.05) is 11.9 Å². The van der Waals surface area contributed by atoms with Crippen molar-refractivity contribution in [3.05, 3.63) is 17.8 Å². The number of rotatable bonds is 3. The second-order valence-electron chi connectivity index (χ2n) is 5.21. The Morgan fingerprint density at radius 3 is 2.67 bits per heavy atom. The number of nitrogen functional groups attached to an aromatic ring is 1. The maximum atomic E-state index is 7.60. The first-order valence-corrected chi connectivity index (χ1v) is 6.48. The van der Waals surface area contributed by atoms with E-state index in [-0.39, 0.29) is 5.84 Å². The van der Waals surface area contributed by atoms with Crippen molar-refractivity contribution in [2.24, 2.45) is 11.7 Å². The Labute approximate surface area is 108 Å². The summed E-state index contributed by atoms with van der Waals surface area (Å²) < 4.78 is 0. The molecule has 1 fully saturated rings. The molecule has 0 radical (unpaired) electrons. The van der Waals surface area contributed by atoms with Gasteiger partial charge in [0, 0.05) is 13.1 Å². The molecule has 98 valence electrons. The average Bonchev–Trinajstić information content (AvgIpc) is 2.39. The van der Waals surface area contributed by atoms with Crippen LogP contribution >= 0.6 is 0 Å². The van der Waals surface area contributed by atoms with E-state index < -0.39 is 0 Å². The molecule has 0 bridgehead atoms. The fraction of sp³-hybridized carbons (Fsp3) is 0.615. The van der Waals surface area contributed by atoms with Crippen molar-refractivity contribution in [2.45, 2.75) is 38.6 Å². The molecule has 0 unspecified atom stereocenters. The molecule has 1 aliphatic carbocycles. The SMILES string of the molecule is CC1CCC(N(C)c2nnccc2C(=N)N)CC1. The molecule has 1 aromatic heterocycles. The smallest absolute Gasteiger partial charge is 0.162 e. The Balaban J connectivity index is 2.18. The zero-order valence-corrected chi connectivity index (χ0v) is 11.1. The van der Waals surface area contributed by atoms with Crippen LogP contribution in [0.25, 0.3) is 0 Å². The predicted octanol–water partition coefficient (Wildman–Crippen LogP) is 1.78. The predicted molar refractivity (Wildman–Crippen MR) is 72.9 cm³/mol. The zero-order chi connectivity index (χ0) is 13.1.